The van der Waals surface area contributed by atoms with Crippen LogP contribution in [0.15, 0.2) is 42.5 Å². The predicted molar refractivity (Wildman–Crippen MR) is 74.8 cm³/mol. The Balaban J connectivity index is 2.05. The molecule has 0 aliphatic carbocycles. The smallest absolute Gasteiger partial charge is 0.201 e. The molecule has 0 aromatic heterocycles. The van der Waals surface area contributed by atoms with Gasteiger partial charge in [0.15, 0.2) is 11.6 Å². The van der Waals surface area contributed by atoms with E-state index in [1.54, 1.807) is 12.1 Å². The van der Waals surface area contributed by atoms with Gasteiger partial charge in [-0.2, -0.15) is 4.39 Å². The SMILES string of the molecule is CC(C)NCc1ccc(Oc2cccc(F)c2F)cc1. The monoisotopic (exact) mass is 277 g/mol. The van der Waals surface area contributed by atoms with Crippen LogP contribution in [-0.2, 0) is 6.54 Å². The second kappa shape index (κ2) is 6.48. The molecule has 2 aromatic rings. The van der Waals surface area contributed by atoms with E-state index in [0.29, 0.717) is 11.8 Å². The van der Waals surface area contributed by atoms with E-state index in [1.165, 1.54) is 12.1 Å². The number of hydrogen-bond donors (Lipinski definition) is 1. The molecule has 20 heavy (non-hydrogen) atoms. The molecule has 0 spiro atoms. The Morgan fingerprint density at radius 2 is 1.75 bits per heavy atom. The van der Waals surface area contributed by atoms with Crippen molar-refractivity contribution < 1.29 is 13.5 Å². The van der Waals surface area contributed by atoms with Crippen molar-refractivity contribution in [2.75, 3.05) is 0 Å². The number of rotatable bonds is 5. The number of nitrogens with one attached hydrogen (secondary N) is 1. The average Bonchev–Trinajstić information content (AvgIpc) is 2.43. The zero-order valence-corrected chi connectivity index (χ0v) is 11.5. The minimum absolute atomic E-state index is 0.113. The van der Waals surface area contributed by atoms with Gasteiger partial charge in [-0.25, -0.2) is 4.39 Å². The Hall–Kier alpha value is -1.94. The summed E-state index contributed by atoms with van der Waals surface area (Å²) in [7, 11) is 0. The molecule has 2 aromatic carbocycles. The third kappa shape index (κ3) is 3.78. The highest BCUT2D eigenvalue weighted by Crippen LogP contribution is 2.25. The summed E-state index contributed by atoms with van der Waals surface area (Å²) in [5, 5.41) is 3.30. The summed E-state index contributed by atoms with van der Waals surface area (Å²) < 4.78 is 31.9. The van der Waals surface area contributed by atoms with Crippen molar-refractivity contribution in [3.63, 3.8) is 0 Å². The van der Waals surface area contributed by atoms with E-state index in [4.69, 9.17) is 4.74 Å². The van der Waals surface area contributed by atoms with Crippen molar-refractivity contribution in [3.8, 4) is 11.5 Å². The lowest BCUT2D eigenvalue weighted by atomic mass is 10.2. The molecule has 0 fully saturated rings. The van der Waals surface area contributed by atoms with E-state index in [-0.39, 0.29) is 5.75 Å². The molecule has 106 valence electrons. The van der Waals surface area contributed by atoms with Crippen molar-refractivity contribution in [3.05, 3.63) is 59.7 Å². The van der Waals surface area contributed by atoms with Crippen LogP contribution in [0.5, 0.6) is 11.5 Å². The highest BCUT2D eigenvalue weighted by molar-refractivity contribution is 5.34. The molecule has 2 nitrogen and oxygen atoms in total. The molecule has 0 aliphatic rings. The van der Waals surface area contributed by atoms with Gasteiger partial charge in [0.05, 0.1) is 0 Å². The van der Waals surface area contributed by atoms with Crippen molar-refractivity contribution in [2.24, 2.45) is 0 Å². The maximum Gasteiger partial charge on any atom is 0.201 e. The number of ether oxygens (including phenoxy) is 1. The zero-order chi connectivity index (χ0) is 14.5. The molecule has 0 radical (unpaired) electrons. The molecule has 0 saturated heterocycles. The molecule has 0 aliphatic heterocycles. The van der Waals surface area contributed by atoms with Crippen molar-refractivity contribution in [2.45, 2.75) is 26.4 Å². The van der Waals surface area contributed by atoms with Crippen LogP contribution in [0.2, 0.25) is 0 Å². The van der Waals surface area contributed by atoms with Crippen LogP contribution in [-0.4, -0.2) is 6.04 Å². The van der Waals surface area contributed by atoms with Crippen LogP contribution in [0.4, 0.5) is 8.78 Å². The molecule has 0 unspecified atom stereocenters. The largest absolute Gasteiger partial charge is 0.454 e. The minimum atomic E-state index is -0.974. The molecule has 1 N–H and O–H groups in total. The van der Waals surface area contributed by atoms with Gasteiger partial charge in [0.1, 0.15) is 5.75 Å². The third-order valence-electron chi connectivity index (χ3n) is 2.78. The van der Waals surface area contributed by atoms with Gasteiger partial charge in [-0.3, -0.25) is 0 Å². The normalized spacial score (nSPS) is 10.8. The molecule has 0 atom stereocenters. The Morgan fingerprint density at radius 3 is 2.40 bits per heavy atom. The molecular formula is C16H17F2NO. The lowest BCUT2D eigenvalue weighted by Gasteiger charge is -2.10. The van der Waals surface area contributed by atoms with Crippen molar-refractivity contribution in [1.29, 1.82) is 0 Å². The van der Waals surface area contributed by atoms with E-state index in [2.05, 4.69) is 19.2 Å². The topological polar surface area (TPSA) is 21.3 Å². The average molecular weight is 277 g/mol. The number of hydrogen-bond acceptors (Lipinski definition) is 2. The summed E-state index contributed by atoms with van der Waals surface area (Å²) in [5.74, 6) is -1.53. The van der Waals surface area contributed by atoms with Gasteiger partial charge in [-0.15, -0.1) is 0 Å². The molecule has 4 heteroatoms. The van der Waals surface area contributed by atoms with Gasteiger partial charge < -0.3 is 10.1 Å². The fourth-order valence-electron chi connectivity index (χ4n) is 1.69. The minimum Gasteiger partial charge on any atom is -0.454 e. The Labute approximate surface area is 117 Å². The molecule has 0 heterocycles. The first-order valence-electron chi connectivity index (χ1n) is 6.50. The first kappa shape index (κ1) is 14.5. The van der Waals surface area contributed by atoms with Gasteiger partial charge in [-0.05, 0) is 29.8 Å². The number of benzene rings is 2. The van der Waals surface area contributed by atoms with Crippen LogP contribution >= 0.6 is 0 Å². The molecule has 0 amide bonds. The third-order valence-corrected chi connectivity index (χ3v) is 2.78. The summed E-state index contributed by atoms with van der Waals surface area (Å²) >= 11 is 0. The highest BCUT2D eigenvalue weighted by atomic mass is 19.2. The lowest BCUT2D eigenvalue weighted by Crippen LogP contribution is -2.21. The summed E-state index contributed by atoms with van der Waals surface area (Å²) in [6.07, 6.45) is 0. The maximum absolute atomic E-state index is 13.5. The Morgan fingerprint density at radius 1 is 1.05 bits per heavy atom. The summed E-state index contributed by atoms with van der Waals surface area (Å²) in [6, 6.07) is 11.5. The van der Waals surface area contributed by atoms with Gasteiger partial charge in [-0.1, -0.05) is 32.0 Å². The van der Waals surface area contributed by atoms with Crippen molar-refractivity contribution >= 4 is 0 Å². The van der Waals surface area contributed by atoms with Crippen LogP contribution in [0.25, 0.3) is 0 Å². The molecule has 0 bridgehead atoms. The van der Waals surface area contributed by atoms with E-state index in [0.717, 1.165) is 18.2 Å². The fourth-order valence-corrected chi connectivity index (χ4v) is 1.69. The molecular weight excluding hydrogens is 260 g/mol. The predicted octanol–water partition coefficient (Wildman–Crippen LogP) is 4.26. The first-order valence-corrected chi connectivity index (χ1v) is 6.50. The van der Waals surface area contributed by atoms with Crippen LogP contribution in [0.3, 0.4) is 0 Å². The second-order valence-corrected chi connectivity index (χ2v) is 4.83. The standard InChI is InChI=1S/C16H17F2NO/c1-11(2)19-10-12-6-8-13(9-7-12)20-15-5-3-4-14(17)16(15)18/h3-9,11,19H,10H2,1-2H3. The van der Waals surface area contributed by atoms with E-state index in [9.17, 15) is 8.78 Å². The molecule has 2 rings (SSSR count). The van der Waals surface area contributed by atoms with Gasteiger partial charge in [0.25, 0.3) is 0 Å². The van der Waals surface area contributed by atoms with E-state index >= 15 is 0 Å². The summed E-state index contributed by atoms with van der Waals surface area (Å²) in [6.45, 7) is 4.90. The van der Waals surface area contributed by atoms with Crippen LogP contribution in [0.1, 0.15) is 19.4 Å². The first-order chi connectivity index (χ1) is 9.56. The Bertz CT molecular complexity index is 567. The lowest BCUT2D eigenvalue weighted by molar-refractivity contribution is 0.416. The molecule has 0 saturated carbocycles. The fraction of sp³-hybridized carbons (Fsp3) is 0.250. The van der Waals surface area contributed by atoms with E-state index < -0.39 is 11.6 Å². The van der Waals surface area contributed by atoms with E-state index in [1.807, 2.05) is 12.1 Å². The van der Waals surface area contributed by atoms with Crippen LogP contribution < -0.4 is 10.1 Å². The van der Waals surface area contributed by atoms with Gasteiger partial charge in [0.2, 0.25) is 5.82 Å². The number of halogens is 2. The van der Waals surface area contributed by atoms with Crippen molar-refractivity contribution in [1.82, 2.24) is 5.32 Å². The maximum atomic E-state index is 13.5. The zero-order valence-electron chi connectivity index (χ0n) is 11.5. The Kier molecular flexibility index (Phi) is 4.69. The summed E-state index contributed by atoms with van der Waals surface area (Å²) in [4.78, 5) is 0. The highest BCUT2D eigenvalue weighted by Gasteiger charge is 2.09. The second-order valence-electron chi connectivity index (χ2n) is 4.83. The van der Waals surface area contributed by atoms with Gasteiger partial charge in [0, 0.05) is 12.6 Å². The summed E-state index contributed by atoms with van der Waals surface area (Å²) in [5.41, 5.74) is 1.10. The quantitative estimate of drug-likeness (QED) is 0.882. The van der Waals surface area contributed by atoms with Gasteiger partial charge >= 0.3 is 0 Å². The van der Waals surface area contributed by atoms with Crippen LogP contribution in [0, 0.1) is 11.6 Å².